The molecule has 0 bridgehead atoms. The fourth-order valence-electron chi connectivity index (χ4n) is 2.27. The molecule has 0 aliphatic carbocycles. The maximum absolute atomic E-state index is 12.1. The Bertz CT molecular complexity index is 598. The molecule has 1 amide bonds. The van der Waals surface area contributed by atoms with Gasteiger partial charge >= 0.3 is 0 Å². The highest BCUT2D eigenvalue weighted by atomic mass is 32.2. The van der Waals surface area contributed by atoms with Crippen LogP contribution in [0.25, 0.3) is 0 Å². The quantitative estimate of drug-likeness (QED) is 0.641. The number of anilines is 1. The van der Waals surface area contributed by atoms with Gasteiger partial charge in [-0.2, -0.15) is 0 Å². The van der Waals surface area contributed by atoms with E-state index in [-0.39, 0.29) is 5.91 Å². The van der Waals surface area contributed by atoms with Crippen molar-refractivity contribution in [3.8, 4) is 0 Å². The van der Waals surface area contributed by atoms with Crippen molar-refractivity contribution in [3.63, 3.8) is 0 Å². The van der Waals surface area contributed by atoms with Crippen LogP contribution in [-0.4, -0.2) is 27.1 Å². The molecule has 0 saturated heterocycles. The first kappa shape index (κ1) is 19.5. The maximum atomic E-state index is 12.1. The predicted octanol–water partition coefficient (Wildman–Crippen LogP) is 3.39. The molecule has 2 N–H and O–H groups in total. The molecule has 0 aromatic heterocycles. The summed E-state index contributed by atoms with van der Waals surface area (Å²) in [6, 6.07) is 6.49. The zero-order chi connectivity index (χ0) is 17.3. The van der Waals surface area contributed by atoms with E-state index in [4.69, 9.17) is 0 Å². The summed E-state index contributed by atoms with van der Waals surface area (Å²) < 4.78 is 24.8. The largest absolute Gasteiger partial charge is 0.352 e. The molecule has 0 radical (unpaired) electrons. The lowest BCUT2D eigenvalue weighted by Crippen LogP contribution is -2.24. The van der Waals surface area contributed by atoms with Crippen molar-refractivity contribution in [2.24, 2.45) is 5.92 Å². The minimum absolute atomic E-state index is 0.177. The van der Waals surface area contributed by atoms with Gasteiger partial charge in [0.05, 0.1) is 6.26 Å². The summed E-state index contributed by atoms with van der Waals surface area (Å²) in [5.74, 6) is 0.576. The van der Waals surface area contributed by atoms with Crippen molar-refractivity contribution in [1.82, 2.24) is 5.32 Å². The van der Waals surface area contributed by atoms with E-state index in [1.54, 1.807) is 24.3 Å². The van der Waals surface area contributed by atoms with Crippen LogP contribution in [0.1, 0.15) is 56.3 Å². The Labute approximate surface area is 139 Å². The van der Waals surface area contributed by atoms with Crippen molar-refractivity contribution in [3.05, 3.63) is 29.8 Å². The lowest BCUT2D eigenvalue weighted by atomic mass is 10.0. The van der Waals surface area contributed by atoms with E-state index >= 15 is 0 Å². The minimum Gasteiger partial charge on any atom is -0.352 e. The summed E-state index contributed by atoms with van der Waals surface area (Å²) in [7, 11) is -3.34. The summed E-state index contributed by atoms with van der Waals surface area (Å²) in [6.45, 7) is 5.10. The molecule has 130 valence electrons. The minimum atomic E-state index is -3.34. The van der Waals surface area contributed by atoms with E-state index in [1.807, 2.05) is 0 Å². The molecule has 0 saturated carbocycles. The van der Waals surface area contributed by atoms with Crippen LogP contribution in [0.2, 0.25) is 0 Å². The van der Waals surface area contributed by atoms with Crippen LogP contribution in [0.4, 0.5) is 5.69 Å². The molecule has 1 aromatic rings. The molecule has 23 heavy (non-hydrogen) atoms. The fourth-order valence-corrected chi connectivity index (χ4v) is 2.83. The van der Waals surface area contributed by atoms with E-state index in [2.05, 4.69) is 23.9 Å². The first-order valence-corrected chi connectivity index (χ1v) is 10.0. The van der Waals surface area contributed by atoms with Gasteiger partial charge in [0.1, 0.15) is 0 Å². The normalized spacial score (nSPS) is 11.5. The van der Waals surface area contributed by atoms with Gasteiger partial charge in [0.2, 0.25) is 10.0 Å². The van der Waals surface area contributed by atoms with Crippen LogP contribution in [0.3, 0.4) is 0 Å². The number of unbranched alkanes of at least 4 members (excludes halogenated alkanes) is 3. The summed E-state index contributed by atoms with van der Waals surface area (Å²) in [5, 5.41) is 2.87. The number of hydrogen-bond acceptors (Lipinski definition) is 3. The highest BCUT2D eigenvalue weighted by Crippen LogP contribution is 2.12. The third kappa shape index (κ3) is 9.23. The van der Waals surface area contributed by atoms with Crippen LogP contribution >= 0.6 is 0 Å². The zero-order valence-corrected chi connectivity index (χ0v) is 15.1. The summed E-state index contributed by atoms with van der Waals surface area (Å²) >= 11 is 0. The monoisotopic (exact) mass is 340 g/mol. The number of rotatable bonds is 10. The molecule has 0 atom stereocenters. The van der Waals surface area contributed by atoms with Gasteiger partial charge in [0, 0.05) is 17.8 Å². The van der Waals surface area contributed by atoms with Crippen molar-refractivity contribution < 1.29 is 13.2 Å². The molecule has 0 aliphatic rings. The second-order valence-electron chi connectivity index (χ2n) is 6.31. The Balaban J connectivity index is 2.33. The van der Waals surface area contributed by atoms with Gasteiger partial charge < -0.3 is 5.32 Å². The molecule has 0 spiro atoms. The zero-order valence-electron chi connectivity index (χ0n) is 14.3. The van der Waals surface area contributed by atoms with Crippen LogP contribution in [0, 0.1) is 5.92 Å². The second kappa shape index (κ2) is 9.55. The van der Waals surface area contributed by atoms with Gasteiger partial charge in [-0.05, 0) is 30.5 Å². The Kier molecular flexibility index (Phi) is 8.09. The molecule has 6 heteroatoms. The molecule has 0 aliphatic heterocycles. The average molecular weight is 340 g/mol. The number of nitrogens with one attached hydrogen (secondary N) is 2. The van der Waals surface area contributed by atoms with E-state index in [1.165, 1.54) is 19.3 Å². The maximum Gasteiger partial charge on any atom is 0.251 e. The predicted molar refractivity (Wildman–Crippen MR) is 95.2 cm³/mol. The first-order valence-electron chi connectivity index (χ1n) is 8.14. The highest BCUT2D eigenvalue weighted by molar-refractivity contribution is 7.92. The van der Waals surface area contributed by atoms with Crippen molar-refractivity contribution in [2.45, 2.75) is 46.0 Å². The molecule has 1 aromatic carbocycles. The third-order valence-electron chi connectivity index (χ3n) is 3.42. The SMILES string of the molecule is CC(C)CCCCCCNC(=O)c1cccc(NS(C)(=O)=O)c1. The van der Waals surface area contributed by atoms with Crippen molar-refractivity contribution in [1.29, 1.82) is 0 Å². The lowest BCUT2D eigenvalue weighted by molar-refractivity contribution is 0.0953. The van der Waals surface area contributed by atoms with E-state index in [0.717, 1.165) is 25.0 Å². The van der Waals surface area contributed by atoms with Gasteiger partial charge in [-0.3, -0.25) is 9.52 Å². The Hall–Kier alpha value is -1.56. The number of benzene rings is 1. The Morgan fingerprint density at radius 3 is 2.48 bits per heavy atom. The third-order valence-corrected chi connectivity index (χ3v) is 4.03. The smallest absolute Gasteiger partial charge is 0.251 e. The van der Waals surface area contributed by atoms with E-state index in [0.29, 0.717) is 17.8 Å². The number of hydrogen-bond donors (Lipinski definition) is 2. The second-order valence-corrected chi connectivity index (χ2v) is 8.06. The van der Waals surface area contributed by atoms with Gasteiger partial charge in [0.25, 0.3) is 5.91 Å². The summed E-state index contributed by atoms with van der Waals surface area (Å²) in [4.78, 5) is 12.1. The van der Waals surface area contributed by atoms with Crippen LogP contribution in [-0.2, 0) is 10.0 Å². The standard InChI is InChI=1S/C17H28N2O3S/c1-14(2)9-6-4-5-7-12-18-17(20)15-10-8-11-16(13-15)19-23(3,21)22/h8,10-11,13-14,19H,4-7,9,12H2,1-3H3,(H,18,20). The van der Waals surface area contributed by atoms with Crippen molar-refractivity contribution >= 4 is 21.6 Å². The molecular formula is C17H28N2O3S. The summed E-state index contributed by atoms with van der Waals surface area (Å²) in [5.41, 5.74) is 0.854. The average Bonchev–Trinajstić information content (AvgIpc) is 2.44. The number of sulfonamides is 1. The lowest BCUT2D eigenvalue weighted by Gasteiger charge is -2.08. The topological polar surface area (TPSA) is 75.3 Å². The van der Waals surface area contributed by atoms with Crippen molar-refractivity contribution in [2.75, 3.05) is 17.5 Å². The summed E-state index contributed by atoms with van der Waals surface area (Å²) in [6.07, 6.45) is 6.85. The van der Waals surface area contributed by atoms with Crippen LogP contribution < -0.4 is 10.0 Å². The molecule has 1 rings (SSSR count). The number of amides is 1. The molecule has 0 heterocycles. The molecular weight excluding hydrogens is 312 g/mol. The van der Waals surface area contributed by atoms with Gasteiger partial charge in [-0.25, -0.2) is 8.42 Å². The molecule has 5 nitrogen and oxygen atoms in total. The van der Waals surface area contributed by atoms with Gasteiger partial charge in [-0.15, -0.1) is 0 Å². The Morgan fingerprint density at radius 2 is 1.83 bits per heavy atom. The fraction of sp³-hybridized carbons (Fsp3) is 0.588. The molecule has 0 fully saturated rings. The highest BCUT2D eigenvalue weighted by Gasteiger charge is 2.07. The van der Waals surface area contributed by atoms with Crippen LogP contribution in [0.15, 0.2) is 24.3 Å². The Morgan fingerprint density at radius 1 is 1.13 bits per heavy atom. The van der Waals surface area contributed by atoms with E-state index in [9.17, 15) is 13.2 Å². The van der Waals surface area contributed by atoms with Gasteiger partial charge in [-0.1, -0.05) is 45.6 Å². The van der Waals surface area contributed by atoms with Gasteiger partial charge in [0.15, 0.2) is 0 Å². The molecule has 0 unspecified atom stereocenters. The number of carbonyl (C=O) groups excluding carboxylic acids is 1. The van der Waals surface area contributed by atoms with Crippen LogP contribution in [0.5, 0.6) is 0 Å². The van der Waals surface area contributed by atoms with E-state index < -0.39 is 10.0 Å². The first-order chi connectivity index (χ1) is 10.8. The number of carbonyl (C=O) groups is 1.